The van der Waals surface area contributed by atoms with Crippen molar-refractivity contribution in [2.75, 3.05) is 13.7 Å². The highest BCUT2D eigenvalue weighted by Crippen LogP contribution is 2.19. The Balaban J connectivity index is 1.84. The van der Waals surface area contributed by atoms with E-state index in [-0.39, 0.29) is 18.6 Å². The highest BCUT2D eigenvalue weighted by atomic mass is 16.5. The molecule has 5 nitrogen and oxygen atoms in total. The van der Waals surface area contributed by atoms with Crippen LogP contribution >= 0.6 is 0 Å². The molecule has 0 spiro atoms. The number of methoxy groups -OCH3 is 1. The SMILES string of the molecule is COc1cc(C(=O)OCC(=O)NC2CCCC2)ccc1C. The monoisotopic (exact) mass is 291 g/mol. The second kappa shape index (κ2) is 7.11. The molecule has 0 saturated heterocycles. The lowest BCUT2D eigenvalue weighted by molar-refractivity contribution is -0.124. The van der Waals surface area contributed by atoms with Crippen LogP contribution in [0.2, 0.25) is 0 Å². The molecule has 5 heteroatoms. The van der Waals surface area contributed by atoms with E-state index in [2.05, 4.69) is 5.32 Å². The number of ether oxygens (including phenoxy) is 2. The zero-order chi connectivity index (χ0) is 15.2. The minimum absolute atomic E-state index is 0.232. The van der Waals surface area contributed by atoms with E-state index in [4.69, 9.17) is 9.47 Å². The number of hydrogen-bond donors (Lipinski definition) is 1. The number of benzene rings is 1. The maximum atomic E-state index is 11.9. The Bertz CT molecular complexity index is 521. The zero-order valence-corrected chi connectivity index (χ0v) is 12.5. The lowest BCUT2D eigenvalue weighted by Gasteiger charge is -2.12. The van der Waals surface area contributed by atoms with Crippen LogP contribution in [0.3, 0.4) is 0 Å². The maximum Gasteiger partial charge on any atom is 0.338 e. The summed E-state index contributed by atoms with van der Waals surface area (Å²) in [6.45, 7) is 1.65. The van der Waals surface area contributed by atoms with E-state index in [0.717, 1.165) is 31.2 Å². The quantitative estimate of drug-likeness (QED) is 0.845. The molecule has 0 heterocycles. The number of carbonyl (C=O) groups is 2. The van der Waals surface area contributed by atoms with Gasteiger partial charge in [0.05, 0.1) is 12.7 Å². The first-order chi connectivity index (χ1) is 10.1. The van der Waals surface area contributed by atoms with E-state index in [1.54, 1.807) is 25.3 Å². The number of hydrogen-bond acceptors (Lipinski definition) is 4. The third-order valence-corrected chi connectivity index (χ3v) is 3.70. The normalized spacial score (nSPS) is 14.8. The Morgan fingerprint density at radius 2 is 2.00 bits per heavy atom. The zero-order valence-electron chi connectivity index (χ0n) is 12.5. The van der Waals surface area contributed by atoms with Gasteiger partial charge in [0.2, 0.25) is 0 Å². The smallest absolute Gasteiger partial charge is 0.338 e. The fourth-order valence-corrected chi connectivity index (χ4v) is 2.50. The highest BCUT2D eigenvalue weighted by molar-refractivity contribution is 5.91. The predicted molar refractivity (Wildman–Crippen MR) is 78.4 cm³/mol. The molecule has 2 rings (SSSR count). The summed E-state index contributed by atoms with van der Waals surface area (Å²) in [7, 11) is 1.55. The predicted octanol–water partition coefficient (Wildman–Crippen LogP) is 2.22. The van der Waals surface area contributed by atoms with E-state index in [0.29, 0.717) is 11.3 Å². The van der Waals surface area contributed by atoms with E-state index in [1.807, 2.05) is 6.92 Å². The van der Waals surface area contributed by atoms with Crippen LogP contribution < -0.4 is 10.1 Å². The van der Waals surface area contributed by atoms with Gasteiger partial charge < -0.3 is 14.8 Å². The van der Waals surface area contributed by atoms with Crippen LogP contribution in [-0.4, -0.2) is 31.6 Å². The number of nitrogens with one attached hydrogen (secondary N) is 1. The number of esters is 1. The van der Waals surface area contributed by atoms with Crippen LogP contribution in [-0.2, 0) is 9.53 Å². The van der Waals surface area contributed by atoms with Crippen LogP contribution in [0, 0.1) is 6.92 Å². The standard InChI is InChI=1S/C16H21NO4/c1-11-7-8-12(9-14(11)20-2)16(19)21-10-15(18)17-13-5-3-4-6-13/h7-9,13H,3-6,10H2,1-2H3,(H,17,18). The van der Waals surface area contributed by atoms with E-state index in [9.17, 15) is 9.59 Å². The first-order valence-corrected chi connectivity index (χ1v) is 7.21. The Kier molecular flexibility index (Phi) is 5.20. The summed E-state index contributed by atoms with van der Waals surface area (Å²) in [6, 6.07) is 5.30. The summed E-state index contributed by atoms with van der Waals surface area (Å²) in [4.78, 5) is 23.6. The van der Waals surface area contributed by atoms with Gasteiger partial charge in [-0.1, -0.05) is 18.9 Å². The second-order valence-electron chi connectivity index (χ2n) is 5.31. The molecule has 1 amide bonds. The maximum absolute atomic E-state index is 11.9. The molecule has 1 aromatic rings. The van der Waals surface area contributed by atoms with E-state index >= 15 is 0 Å². The molecule has 0 atom stereocenters. The molecule has 0 bridgehead atoms. The lowest BCUT2D eigenvalue weighted by atomic mass is 10.1. The van der Waals surface area contributed by atoms with Gasteiger partial charge in [0.1, 0.15) is 5.75 Å². The van der Waals surface area contributed by atoms with Gasteiger partial charge in [0.15, 0.2) is 6.61 Å². The van der Waals surface area contributed by atoms with Gasteiger partial charge in [-0.25, -0.2) is 4.79 Å². The average Bonchev–Trinajstić information content (AvgIpc) is 2.98. The molecule has 0 unspecified atom stereocenters. The first-order valence-electron chi connectivity index (χ1n) is 7.21. The Hall–Kier alpha value is -2.04. The average molecular weight is 291 g/mol. The molecule has 1 aromatic carbocycles. The summed E-state index contributed by atoms with van der Waals surface area (Å²) in [6.07, 6.45) is 4.31. The molecular formula is C16H21NO4. The van der Waals surface area contributed by atoms with Crippen molar-refractivity contribution in [2.45, 2.75) is 38.6 Å². The van der Waals surface area contributed by atoms with Crippen molar-refractivity contribution in [3.63, 3.8) is 0 Å². The number of amides is 1. The molecule has 0 aromatic heterocycles. The fraction of sp³-hybridized carbons (Fsp3) is 0.500. The van der Waals surface area contributed by atoms with Crippen molar-refractivity contribution in [1.82, 2.24) is 5.32 Å². The Morgan fingerprint density at radius 1 is 1.29 bits per heavy atom. The second-order valence-corrected chi connectivity index (χ2v) is 5.31. The minimum atomic E-state index is -0.519. The summed E-state index contributed by atoms with van der Waals surface area (Å²) < 4.78 is 10.2. The molecule has 0 aliphatic heterocycles. The van der Waals surface area contributed by atoms with Gasteiger partial charge in [-0.3, -0.25) is 4.79 Å². The van der Waals surface area contributed by atoms with Crippen molar-refractivity contribution in [1.29, 1.82) is 0 Å². The van der Waals surface area contributed by atoms with E-state index in [1.165, 1.54) is 0 Å². The van der Waals surface area contributed by atoms with Crippen molar-refractivity contribution in [3.05, 3.63) is 29.3 Å². The summed E-state index contributed by atoms with van der Waals surface area (Å²) >= 11 is 0. The first kappa shape index (κ1) is 15.4. The Morgan fingerprint density at radius 3 is 2.67 bits per heavy atom. The van der Waals surface area contributed by atoms with Crippen LogP contribution in [0.25, 0.3) is 0 Å². The van der Waals surface area contributed by atoms with Crippen molar-refractivity contribution in [2.24, 2.45) is 0 Å². The molecule has 1 saturated carbocycles. The van der Waals surface area contributed by atoms with Crippen LogP contribution in [0.5, 0.6) is 5.75 Å². The number of aryl methyl sites for hydroxylation is 1. The molecule has 1 N–H and O–H groups in total. The van der Waals surface area contributed by atoms with Crippen molar-refractivity contribution < 1.29 is 19.1 Å². The summed E-state index contributed by atoms with van der Waals surface area (Å²) in [5, 5.41) is 2.88. The molecule has 0 radical (unpaired) electrons. The van der Waals surface area contributed by atoms with E-state index < -0.39 is 5.97 Å². The number of rotatable bonds is 5. The largest absolute Gasteiger partial charge is 0.496 e. The number of carbonyl (C=O) groups excluding carboxylic acids is 2. The van der Waals surface area contributed by atoms with Gasteiger partial charge in [0, 0.05) is 6.04 Å². The van der Waals surface area contributed by atoms with Crippen molar-refractivity contribution >= 4 is 11.9 Å². The molecule has 1 aliphatic rings. The van der Waals surface area contributed by atoms with Gasteiger partial charge in [0.25, 0.3) is 5.91 Å². The molecule has 1 fully saturated rings. The minimum Gasteiger partial charge on any atom is -0.496 e. The topological polar surface area (TPSA) is 64.6 Å². The fourth-order valence-electron chi connectivity index (χ4n) is 2.50. The van der Waals surface area contributed by atoms with Gasteiger partial charge in [-0.15, -0.1) is 0 Å². The van der Waals surface area contributed by atoms with Gasteiger partial charge in [-0.2, -0.15) is 0 Å². The van der Waals surface area contributed by atoms with Crippen LogP contribution in [0.15, 0.2) is 18.2 Å². The molecule has 1 aliphatic carbocycles. The lowest BCUT2D eigenvalue weighted by Crippen LogP contribution is -2.35. The molecule has 114 valence electrons. The van der Waals surface area contributed by atoms with Gasteiger partial charge in [-0.05, 0) is 37.5 Å². The third kappa shape index (κ3) is 4.21. The van der Waals surface area contributed by atoms with Crippen LogP contribution in [0.1, 0.15) is 41.6 Å². The third-order valence-electron chi connectivity index (χ3n) is 3.70. The summed E-state index contributed by atoms with van der Waals surface area (Å²) in [5.74, 6) is -0.135. The van der Waals surface area contributed by atoms with Gasteiger partial charge >= 0.3 is 5.97 Å². The summed E-state index contributed by atoms with van der Waals surface area (Å²) in [5.41, 5.74) is 1.32. The van der Waals surface area contributed by atoms with Crippen LogP contribution in [0.4, 0.5) is 0 Å². The highest BCUT2D eigenvalue weighted by Gasteiger charge is 2.18. The molecule has 21 heavy (non-hydrogen) atoms. The van der Waals surface area contributed by atoms with Crippen molar-refractivity contribution in [3.8, 4) is 5.75 Å². The molecular weight excluding hydrogens is 270 g/mol. The Labute approximate surface area is 124 Å².